The van der Waals surface area contributed by atoms with Gasteiger partial charge in [-0.3, -0.25) is 9.80 Å². The van der Waals surface area contributed by atoms with Gasteiger partial charge in [0.2, 0.25) is 16.7 Å². The first-order valence-corrected chi connectivity index (χ1v) is 13.2. The van der Waals surface area contributed by atoms with Crippen LogP contribution in [0.2, 0.25) is 10.0 Å². The van der Waals surface area contributed by atoms with Crippen molar-refractivity contribution in [3.63, 3.8) is 0 Å². The van der Waals surface area contributed by atoms with Crippen molar-refractivity contribution in [3.05, 3.63) is 93.0 Å². The van der Waals surface area contributed by atoms with Gasteiger partial charge in [0.15, 0.2) is 5.76 Å². The lowest BCUT2D eigenvalue weighted by Gasteiger charge is -2.39. The number of hydrogen-bond donors (Lipinski definition) is 1. The molecule has 2 aromatic carbocycles. The van der Waals surface area contributed by atoms with Crippen LogP contribution in [0.5, 0.6) is 5.88 Å². The summed E-state index contributed by atoms with van der Waals surface area (Å²) >= 11 is 14.3. The minimum Gasteiger partial charge on any atom is -0.492 e. The molecule has 4 heterocycles. The van der Waals surface area contributed by atoms with Gasteiger partial charge in [0.05, 0.1) is 17.2 Å². The molecule has 0 bridgehead atoms. The number of nitrogens with zero attached hydrogens (tertiary/aromatic N) is 5. The highest BCUT2D eigenvalue weighted by Gasteiger charge is 2.33. The number of fused-ring (bicyclic) bond motifs is 1. The fourth-order valence-electron chi connectivity index (χ4n) is 4.69. The van der Waals surface area contributed by atoms with Crippen molar-refractivity contribution in [2.24, 2.45) is 0 Å². The van der Waals surface area contributed by atoms with Crippen LogP contribution < -0.4 is 0 Å². The first-order chi connectivity index (χ1) is 17.6. The van der Waals surface area contributed by atoms with Crippen LogP contribution in [0, 0.1) is 0 Å². The van der Waals surface area contributed by atoms with Gasteiger partial charge in [-0.25, -0.2) is 0 Å². The summed E-state index contributed by atoms with van der Waals surface area (Å²) in [5, 5.41) is 16.9. The molecule has 1 aliphatic rings. The number of halogens is 2. The number of piperazine rings is 1. The Morgan fingerprint density at radius 1 is 1.00 bits per heavy atom. The molecule has 1 fully saturated rings. The largest absolute Gasteiger partial charge is 0.492 e. The summed E-state index contributed by atoms with van der Waals surface area (Å²) in [6, 6.07) is 19.4. The molecule has 7 nitrogen and oxygen atoms in total. The Kier molecular flexibility index (Phi) is 6.45. The molecule has 1 atom stereocenters. The van der Waals surface area contributed by atoms with Crippen molar-refractivity contribution < 1.29 is 9.52 Å². The van der Waals surface area contributed by atoms with Crippen molar-refractivity contribution in [1.82, 2.24) is 24.4 Å². The number of aromatic nitrogens is 3. The molecule has 0 amide bonds. The van der Waals surface area contributed by atoms with Crippen LogP contribution >= 0.6 is 34.5 Å². The number of furan rings is 1. The monoisotopic (exact) mass is 539 g/mol. The van der Waals surface area contributed by atoms with Crippen LogP contribution in [0.3, 0.4) is 0 Å². The van der Waals surface area contributed by atoms with E-state index in [-0.39, 0.29) is 11.9 Å². The van der Waals surface area contributed by atoms with Crippen molar-refractivity contribution >= 4 is 39.5 Å². The van der Waals surface area contributed by atoms with E-state index >= 15 is 0 Å². The zero-order valence-corrected chi connectivity index (χ0v) is 21.5. The molecule has 0 radical (unpaired) electrons. The Hall–Kier alpha value is -2.88. The first-order valence-electron chi connectivity index (χ1n) is 11.6. The van der Waals surface area contributed by atoms with Gasteiger partial charge in [-0.05, 0) is 35.4 Å². The summed E-state index contributed by atoms with van der Waals surface area (Å²) in [5.74, 6) is 1.05. The van der Waals surface area contributed by atoms with E-state index in [9.17, 15) is 5.11 Å². The maximum Gasteiger partial charge on any atom is 0.230 e. The van der Waals surface area contributed by atoms with E-state index < -0.39 is 0 Å². The summed E-state index contributed by atoms with van der Waals surface area (Å²) in [7, 11) is 0. The Morgan fingerprint density at radius 2 is 1.81 bits per heavy atom. The van der Waals surface area contributed by atoms with Crippen molar-refractivity contribution in [3.8, 4) is 17.5 Å². The lowest BCUT2D eigenvalue weighted by atomic mass is 10.0. The summed E-state index contributed by atoms with van der Waals surface area (Å²) in [5.41, 5.74) is 2.20. The zero-order chi connectivity index (χ0) is 24.6. The average molecular weight is 540 g/mol. The van der Waals surface area contributed by atoms with E-state index in [1.54, 1.807) is 24.5 Å². The number of benzene rings is 2. The zero-order valence-electron chi connectivity index (χ0n) is 19.2. The number of rotatable bonds is 6. The second kappa shape index (κ2) is 9.88. The fourth-order valence-corrected chi connectivity index (χ4v) is 6.31. The van der Waals surface area contributed by atoms with E-state index in [1.165, 1.54) is 21.4 Å². The molecule has 0 spiro atoms. The fraction of sp³-hybridized carbons (Fsp3) is 0.231. The minimum atomic E-state index is -0.255. The molecule has 10 heteroatoms. The molecular formula is C26H23Cl2N5O2S. The molecule has 0 saturated carbocycles. The molecule has 0 unspecified atom stereocenters. The molecule has 5 aromatic rings. The van der Waals surface area contributed by atoms with Crippen LogP contribution in [0.15, 0.2) is 71.3 Å². The van der Waals surface area contributed by atoms with Gasteiger partial charge < -0.3 is 9.52 Å². The molecule has 36 heavy (non-hydrogen) atoms. The SMILES string of the molecule is Oc1c([C@H](c2ccc(Cl)cc2Cl)N2CCN(Cc3ccccc3)CC2)sc2nc(-c3ccco3)nn12. The summed E-state index contributed by atoms with van der Waals surface area (Å²) in [6.45, 7) is 4.36. The van der Waals surface area contributed by atoms with Crippen molar-refractivity contribution in [2.45, 2.75) is 12.6 Å². The summed E-state index contributed by atoms with van der Waals surface area (Å²) in [4.78, 5) is 10.7. The van der Waals surface area contributed by atoms with Gasteiger partial charge in [-0.2, -0.15) is 9.50 Å². The molecule has 3 aromatic heterocycles. The normalized spacial score (nSPS) is 16.1. The van der Waals surface area contributed by atoms with Crippen LogP contribution in [0.1, 0.15) is 22.0 Å². The maximum atomic E-state index is 11.3. The van der Waals surface area contributed by atoms with Crippen molar-refractivity contribution in [1.29, 1.82) is 0 Å². The Labute approximate surface area is 222 Å². The highest BCUT2D eigenvalue weighted by Crippen LogP contribution is 2.43. The first kappa shape index (κ1) is 23.5. The number of aromatic hydroxyl groups is 1. The molecule has 1 N–H and O–H groups in total. The van der Waals surface area contributed by atoms with Gasteiger partial charge in [0.25, 0.3) is 0 Å². The minimum absolute atomic E-state index is 0.0584. The smallest absolute Gasteiger partial charge is 0.230 e. The average Bonchev–Trinajstić information content (AvgIpc) is 3.61. The molecular weight excluding hydrogens is 517 g/mol. The second-order valence-corrected chi connectivity index (χ2v) is 10.6. The lowest BCUT2D eigenvalue weighted by Crippen LogP contribution is -2.47. The molecule has 184 valence electrons. The Bertz CT molecular complexity index is 1480. The van der Waals surface area contributed by atoms with E-state index in [1.807, 2.05) is 18.2 Å². The lowest BCUT2D eigenvalue weighted by molar-refractivity contribution is 0.105. The Balaban J connectivity index is 1.32. The van der Waals surface area contributed by atoms with Gasteiger partial charge in [0, 0.05) is 42.8 Å². The van der Waals surface area contributed by atoms with Crippen molar-refractivity contribution in [2.75, 3.05) is 26.2 Å². The van der Waals surface area contributed by atoms with Gasteiger partial charge in [-0.15, -0.1) is 5.10 Å². The third-order valence-electron chi connectivity index (χ3n) is 6.47. The molecule has 1 saturated heterocycles. The third-order valence-corrected chi connectivity index (χ3v) is 8.10. The van der Waals surface area contributed by atoms with E-state index in [2.05, 4.69) is 44.1 Å². The van der Waals surface area contributed by atoms with Crippen LogP contribution in [-0.4, -0.2) is 55.7 Å². The van der Waals surface area contributed by atoms with Crippen LogP contribution in [-0.2, 0) is 6.54 Å². The standard InChI is InChI=1S/C26H23Cl2N5O2S/c27-18-8-9-19(20(28)15-18)22(32-12-10-31(11-13-32)16-17-5-2-1-3-6-17)23-25(34)33-26(36-23)29-24(30-33)21-7-4-14-35-21/h1-9,14-15,22,34H,10-13,16H2/t22-/m0/s1. The molecule has 1 aliphatic heterocycles. The van der Waals surface area contributed by atoms with Crippen LogP contribution in [0.4, 0.5) is 0 Å². The van der Waals surface area contributed by atoms with Gasteiger partial charge in [0.1, 0.15) is 0 Å². The van der Waals surface area contributed by atoms with E-state index in [0.717, 1.165) is 43.2 Å². The number of hydrogen-bond acceptors (Lipinski definition) is 7. The molecule has 6 rings (SSSR count). The van der Waals surface area contributed by atoms with E-state index in [4.69, 9.17) is 27.6 Å². The van der Waals surface area contributed by atoms with E-state index in [0.29, 0.717) is 26.6 Å². The number of thiazole rings is 1. The topological polar surface area (TPSA) is 70.0 Å². The predicted octanol–water partition coefficient (Wildman–Crippen LogP) is 5.97. The van der Waals surface area contributed by atoms with Gasteiger partial charge >= 0.3 is 0 Å². The highest BCUT2D eigenvalue weighted by molar-refractivity contribution is 7.17. The third kappa shape index (κ3) is 4.51. The van der Waals surface area contributed by atoms with Gasteiger partial charge in [-0.1, -0.05) is 70.9 Å². The summed E-state index contributed by atoms with van der Waals surface area (Å²) < 4.78 is 6.89. The second-order valence-electron chi connectivity index (χ2n) is 8.76. The van der Waals surface area contributed by atoms with Crippen LogP contribution in [0.25, 0.3) is 16.5 Å². The highest BCUT2D eigenvalue weighted by atomic mass is 35.5. The maximum absolute atomic E-state index is 11.3. The summed E-state index contributed by atoms with van der Waals surface area (Å²) in [6.07, 6.45) is 1.58. The molecule has 0 aliphatic carbocycles. The Morgan fingerprint density at radius 3 is 2.50 bits per heavy atom. The predicted molar refractivity (Wildman–Crippen MR) is 142 cm³/mol. The quantitative estimate of drug-likeness (QED) is 0.286.